The first-order valence-electron chi connectivity index (χ1n) is 7.94. The van der Waals surface area contributed by atoms with Crippen molar-refractivity contribution in [3.8, 4) is 0 Å². The number of likely N-dealkylation sites (tertiary alicyclic amines) is 1. The lowest BCUT2D eigenvalue weighted by atomic mass is 9.85. The average molecular weight is 254 g/mol. The highest BCUT2D eigenvalue weighted by Crippen LogP contribution is 2.29. The smallest absolute Gasteiger partial charge is 0.0220 e. The van der Waals surface area contributed by atoms with Crippen LogP contribution in [0.3, 0.4) is 0 Å². The average Bonchev–Trinajstić information content (AvgIpc) is 2.49. The zero-order valence-electron chi connectivity index (χ0n) is 13.3. The van der Waals surface area contributed by atoms with Gasteiger partial charge in [0.25, 0.3) is 0 Å². The molecule has 0 aromatic rings. The van der Waals surface area contributed by atoms with E-state index in [4.69, 9.17) is 0 Å². The Labute approximate surface area is 115 Å². The summed E-state index contributed by atoms with van der Waals surface area (Å²) in [4.78, 5) is 2.69. The molecule has 0 amide bonds. The van der Waals surface area contributed by atoms with Crippen LogP contribution in [0.15, 0.2) is 0 Å². The second-order valence-corrected chi connectivity index (χ2v) is 6.87. The van der Waals surface area contributed by atoms with Crippen LogP contribution in [0.5, 0.6) is 0 Å². The van der Waals surface area contributed by atoms with E-state index in [2.05, 4.69) is 44.8 Å². The van der Waals surface area contributed by atoms with Gasteiger partial charge >= 0.3 is 0 Å². The van der Waals surface area contributed by atoms with E-state index < -0.39 is 0 Å². The molecule has 1 fully saturated rings. The van der Waals surface area contributed by atoms with E-state index in [9.17, 15) is 0 Å². The zero-order valence-corrected chi connectivity index (χ0v) is 13.3. The summed E-state index contributed by atoms with van der Waals surface area (Å²) < 4.78 is 0. The van der Waals surface area contributed by atoms with E-state index in [0.29, 0.717) is 11.5 Å². The van der Waals surface area contributed by atoms with Gasteiger partial charge in [-0.3, -0.25) is 0 Å². The molecule has 1 heterocycles. The summed E-state index contributed by atoms with van der Waals surface area (Å²) in [6, 6.07) is 0.668. The van der Waals surface area contributed by atoms with Crippen molar-refractivity contribution in [3.05, 3.63) is 0 Å². The summed E-state index contributed by atoms with van der Waals surface area (Å²) >= 11 is 0. The first kappa shape index (κ1) is 16.0. The van der Waals surface area contributed by atoms with Gasteiger partial charge in [-0.05, 0) is 50.2 Å². The Morgan fingerprint density at radius 3 is 2.50 bits per heavy atom. The summed E-state index contributed by atoms with van der Waals surface area (Å²) in [5, 5.41) is 3.68. The van der Waals surface area contributed by atoms with Crippen molar-refractivity contribution in [2.75, 3.05) is 26.2 Å². The molecule has 2 nitrogen and oxygen atoms in total. The third-order valence-electron chi connectivity index (χ3n) is 4.68. The van der Waals surface area contributed by atoms with Crippen molar-refractivity contribution in [2.45, 2.75) is 66.3 Å². The highest BCUT2D eigenvalue weighted by molar-refractivity contribution is 4.81. The normalized spacial score (nSPS) is 24.5. The van der Waals surface area contributed by atoms with E-state index in [1.54, 1.807) is 0 Å². The number of rotatable bonds is 6. The third-order valence-corrected chi connectivity index (χ3v) is 4.68. The highest BCUT2D eigenvalue weighted by Gasteiger charge is 2.25. The molecule has 1 rings (SSSR count). The van der Waals surface area contributed by atoms with Gasteiger partial charge in [0.05, 0.1) is 0 Å². The predicted molar refractivity (Wildman–Crippen MR) is 81.0 cm³/mol. The molecule has 1 aliphatic rings. The lowest BCUT2D eigenvalue weighted by Gasteiger charge is -2.31. The standard InChI is InChI=1S/C16H34N2/c1-6-14(3)15(17-7-2)13-18-11-8-9-16(4,5)10-12-18/h14-15,17H,6-13H2,1-5H3. The zero-order chi connectivity index (χ0) is 13.6. The van der Waals surface area contributed by atoms with E-state index in [-0.39, 0.29) is 0 Å². The monoisotopic (exact) mass is 254 g/mol. The number of nitrogens with zero attached hydrogens (tertiary/aromatic N) is 1. The summed E-state index contributed by atoms with van der Waals surface area (Å²) in [6.45, 7) is 16.7. The first-order chi connectivity index (χ1) is 8.48. The summed E-state index contributed by atoms with van der Waals surface area (Å²) in [5.74, 6) is 0.779. The van der Waals surface area contributed by atoms with E-state index >= 15 is 0 Å². The molecular weight excluding hydrogens is 220 g/mol. The quantitative estimate of drug-likeness (QED) is 0.780. The third kappa shape index (κ3) is 5.27. The number of nitrogens with one attached hydrogen (secondary N) is 1. The molecule has 0 aliphatic carbocycles. The van der Waals surface area contributed by atoms with Crippen LogP contribution in [0, 0.1) is 11.3 Å². The lowest BCUT2D eigenvalue weighted by Crippen LogP contribution is -2.45. The fourth-order valence-corrected chi connectivity index (χ4v) is 2.93. The maximum absolute atomic E-state index is 3.68. The van der Waals surface area contributed by atoms with E-state index in [1.165, 1.54) is 45.3 Å². The second kappa shape index (κ2) is 7.49. The fourth-order valence-electron chi connectivity index (χ4n) is 2.93. The largest absolute Gasteiger partial charge is 0.313 e. The molecule has 0 radical (unpaired) electrons. The van der Waals surface area contributed by atoms with Gasteiger partial charge in [-0.2, -0.15) is 0 Å². The molecule has 2 unspecified atom stereocenters. The second-order valence-electron chi connectivity index (χ2n) is 6.87. The molecule has 108 valence electrons. The summed E-state index contributed by atoms with van der Waals surface area (Å²) in [7, 11) is 0. The van der Waals surface area contributed by atoms with Crippen LogP contribution in [-0.4, -0.2) is 37.1 Å². The lowest BCUT2D eigenvalue weighted by molar-refractivity contribution is 0.210. The molecule has 2 atom stereocenters. The Balaban J connectivity index is 2.48. The Bertz CT molecular complexity index is 225. The van der Waals surface area contributed by atoms with Crippen LogP contribution >= 0.6 is 0 Å². The minimum atomic E-state index is 0.554. The molecule has 0 aromatic carbocycles. The summed E-state index contributed by atoms with van der Waals surface area (Å²) in [6.07, 6.45) is 5.38. The Morgan fingerprint density at radius 1 is 1.17 bits per heavy atom. The Kier molecular flexibility index (Phi) is 6.65. The van der Waals surface area contributed by atoms with Gasteiger partial charge in [0.2, 0.25) is 0 Å². The molecule has 1 aliphatic heterocycles. The van der Waals surface area contributed by atoms with Gasteiger partial charge in [-0.15, -0.1) is 0 Å². The topological polar surface area (TPSA) is 15.3 Å². The van der Waals surface area contributed by atoms with Crippen molar-refractivity contribution < 1.29 is 0 Å². The van der Waals surface area contributed by atoms with Crippen LogP contribution in [-0.2, 0) is 0 Å². The number of hydrogen-bond donors (Lipinski definition) is 1. The van der Waals surface area contributed by atoms with Gasteiger partial charge < -0.3 is 10.2 Å². The van der Waals surface area contributed by atoms with Crippen LogP contribution < -0.4 is 5.32 Å². The molecule has 1 saturated heterocycles. The van der Waals surface area contributed by atoms with E-state index in [0.717, 1.165) is 12.5 Å². The van der Waals surface area contributed by atoms with Crippen molar-refractivity contribution >= 4 is 0 Å². The molecule has 0 spiro atoms. The molecule has 1 N–H and O–H groups in total. The van der Waals surface area contributed by atoms with Crippen LogP contribution in [0.2, 0.25) is 0 Å². The van der Waals surface area contributed by atoms with Crippen molar-refractivity contribution in [1.82, 2.24) is 10.2 Å². The van der Waals surface area contributed by atoms with Gasteiger partial charge in [0.15, 0.2) is 0 Å². The van der Waals surface area contributed by atoms with Crippen molar-refractivity contribution in [1.29, 1.82) is 0 Å². The van der Waals surface area contributed by atoms with Gasteiger partial charge in [0, 0.05) is 12.6 Å². The molecule has 0 aromatic heterocycles. The minimum Gasteiger partial charge on any atom is -0.313 e. The van der Waals surface area contributed by atoms with Crippen molar-refractivity contribution in [2.24, 2.45) is 11.3 Å². The maximum atomic E-state index is 3.68. The molecule has 0 saturated carbocycles. The van der Waals surface area contributed by atoms with Gasteiger partial charge in [-0.1, -0.05) is 41.0 Å². The molecular formula is C16H34N2. The minimum absolute atomic E-state index is 0.554. The van der Waals surface area contributed by atoms with Crippen molar-refractivity contribution in [3.63, 3.8) is 0 Å². The fraction of sp³-hybridized carbons (Fsp3) is 1.00. The van der Waals surface area contributed by atoms with Gasteiger partial charge in [0.1, 0.15) is 0 Å². The van der Waals surface area contributed by atoms with Crippen LogP contribution in [0.1, 0.15) is 60.3 Å². The van der Waals surface area contributed by atoms with Crippen LogP contribution in [0.25, 0.3) is 0 Å². The summed E-state index contributed by atoms with van der Waals surface area (Å²) in [5.41, 5.74) is 0.554. The van der Waals surface area contributed by atoms with Gasteiger partial charge in [-0.25, -0.2) is 0 Å². The Morgan fingerprint density at radius 2 is 1.89 bits per heavy atom. The molecule has 0 bridgehead atoms. The SMILES string of the molecule is CCNC(CN1CCCC(C)(C)CC1)C(C)CC. The number of likely N-dealkylation sites (N-methyl/N-ethyl adjacent to an activating group) is 1. The maximum Gasteiger partial charge on any atom is 0.0220 e. The highest BCUT2D eigenvalue weighted by atomic mass is 15.1. The first-order valence-corrected chi connectivity index (χ1v) is 7.94. The van der Waals surface area contributed by atoms with Crippen LogP contribution in [0.4, 0.5) is 0 Å². The molecule has 2 heteroatoms. The molecule has 18 heavy (non-hydrogen) atoms. The predicted octanol–water partition coefficient (Wildman–Crippen LogP) is 3.52. The Hall–Kier alpha value is -0.0800. The number of hydrogen-bond acceptors (Lipinski definition) is 2. The van der Waals surface area contributed by atoms with E-state index in [1.807, 2.05) is 0 Å².